The molecule has 0 fully saturated rings. The van der Waals surface area contributed by atoms with Gasteiger partial charge in [0.1, 0.15) is 23.8 Å². The number of oxime groups is 1. The van der Waals surface area contributed by atoms with Crippen molar-refractivity contribution in [3.63, 3.8) is 0 Å². The Bertz CT molecular complexity index is 1080. The summed E-state index contributed by atoms with van der Waals surface area (Å²) in [6.45, 7) is 5.41. The van der Waals surface area contributed by atoms with Crippen LogP contribution in [0.1, 0.15) is 26.0 Å². The summed E-state index contributed by atoms with van der Waals surface area (Å²) in [4.78, 5) is 9.67. The van der Waals surface area contributed by atoms with E-state index in [0.29, 0.717) is 35.3 Å². The third kappa shape index (κ3) is 5.74. The molecule has 0 spiro atoms. The van der Waals surface area contributed by atoms with Gasteiger partial charge in [-0.2, -0.15) is 0 Å². The van der Waals surface area contributed by atoms with E-state index in [0.717, 1.165) is 30.0 Å². The van der Waals surface area contributed by atoms with Crippen molar-refractivity contribution >= 4 is 22.2 Å². The molecule has 0 radical (unpaired) electrons. The molecule has 10 heteroatoms. The van der Waals surface area contributed by atoms with Crippen molar-refractivity contribution in [1.29, 1.82) is 5.41 Å². The van der Waals surface area contributed by atoms with Gasteiger partial charge in [0.05, 0.1) is 5.69 Å². The van der Waals surface area contributed by atoms with E-state index in [1.54, 1.807) is 0 Å². The molecule has 0 saturated heterocycles. The first kappa shape index (κ1) is 22.6. The van der Waals surface area contributed by atoms with Gasteiger partial charge in [0.2, 0.25) is 5.62 Å². The van der Waals surface area contributed by atoms with E-state index in [-0.39, 0.29) is 6.10 Å². The zero-order chi connectivity index (χ0) is 22.4. The number of hydrogen-bond donors (Lipinski definition) is 3. The van der Waals surface area contributed by atoms with E-state index in [1.165, 1.54) is 11.3 Å². The number of nitrogen functional groups attached to an aromatic ring is 1. The van der Waals surface area contributed by atoms with E-state index in [2.05, 4.69) is 10.1 Å². The molecule has 0 amide bonds. The molecule has 31 heavy (non-hydrogen) atoms. The fraction of sp³-hybridized carbons (Fsp3) is 0.381. The number of thiazole rings is 1. The molecule has 1 aromatic carbocycles. The van der Waals surface area contributed by atoms with Crippen LogP contribution >= 0.6 is 11.3 Å². The Labute approximate surface area is 185 Å². The van der Waals surface area contributed by atoms with Crippen LogP contribution in [0, 0.1) is 5.41 Å². The number of aromatic nitrogens is 3. The summed E-state index contributed by atoms with van der Waals surface area (Å²) < 4.78 is 9.59. The summed E-state index contributed by atoms with van der Waals surface area (Å²) in [5.41, 5.74) is 15.1. The molecule has 2 aromatic heterocycles. The number of nitrogens with zero attached hydrogens (tertiary/aromatic N) is 4. The average Bonchev–Trinajstić information content (AvgIpc) is 3.33. The molecular formula is C21H29N7O2S. The summed E-state index contributed by atoms with van der Waals surface area (Å²) in [6, 6.07) is 7.79. The first-order chi connectivity index (χ1) is 14.9. The highest BCUT2D eigenvalue weighted by Crippen LogP contribution is 2.22. The Morgan fingerprint density at radius 1 is 1.32 bits per heavy atom. The van der Waals surface area contributed by atoms with Gasteiger partial charge in [-0.1, -0.05) is 5.16 Å². The van der Waals surface area contributed by atoms with Gasteiger partial charge in [-0.05, 0) is 56.6 Å². The molecule has 9 nitrogen and oxygen atoms in total. The third-order valence-electron chi connectivity index (χ3n) is 4.73. The lowest BCUT2D eigenvalue weighted by atomic mass is 10.1. The summed E-state index contributed by atoms with van der Waals surface area (Å²) in [5.74, 6) is 0.739. The molecule has 3 rings (SSSR count). The van der Waals surface area contributed by atoms with Gasteiger partial charge in [0.25, 0.3) is 0 Å². The van der Waals surface area contributed by atoms with Crippen molar-refractivity contribution in [2.75, 3.05) is 18.9 Å². The highest BCUT2D eigenvalue weighted by molar-refractivity contribution is 7.13. The van der Waals surface area contributed by atoms with Crippen molar-refractivity contribution in [3.05, 3.63) is 47.2 Å². The predicted molar refractivity (Wildman–Crippen MR) is 123 cm³/mol. The smallest absolute Gasteiger partial charge is 0.202 e. The molecule has 5 N–H and O–H groups in total. The molecule has 0 bridgehead atoms. The summed E-state index contributed by atoms with van der Waals surface area (Å²) in [5, 5.41) is 14.7. The van der Waals surface area contributed by atoms with Gasteiger partial charge in [0, 0.05) is 25.2 Å². The van der Waals surface area contributed by atoms with Crippen LogP contribution in [0.25, 0.3) is 11.3 Å². The van der Waals surface area contributed by atoms with Crippen LogP contribution in [0.4, 0.5) is 5.13 Å². The van der Waals surface area contributed by atoms with E-state index in [4.69, 9.17) is 26.5 Å². The number of nitrogens with two attached hydrogens (primary N) is 2. The molecule has 3 aromatic rings. The molecular weight excluding hydrogens is 414 g/mol. The van der Waals surface area contributed by atoms with Crippen molar-refractivity contribution in [1.82, 2.24) is 14.1 Å². The second kappa shape index (κ2) is 10.3. The van der Waals surface area contributed by atoms with Crippen molar-refractivity contribution < 1.29 is 9.57 Å². The first-order valence-corrected chi connectivity index (χ1v) is 10.9. The number of rotatable bonds is 10. The van der Waals surface area contributed by atoms with Crippen LogP contribution in [-0.4, -0.2) is 39.1 Å². The first-order valence-electron chi connectivity index (χ1n) is 10.0. The minimum Gasteiger partial charge on any atom is -0.490 e. The number of nitrogens with one attached hydrogen (secondary N) is 1. The minimum atomic E-state index is -0.231. The van der Waals surface area contributed by atoms with Crippen LogP contribution in [-0.2, 0) is 18.4 Å². The summed E-state index contributed by atoms with van der Waals surface area (Å²) >= 11 is 1.37. The molecule has 0 aliphatic carbocycles. The molecule has 2 heterocycles. The lowest BCUT2D eigenvalue weighted by Gasteiger charge is -2.12. The quantitative estimate of drug-likeness (QED) is 0.328. The van der Waals surface area contributed by atoms with Crippen LogP contribution in [0.2, 0.25) is 0 Å². The van der Waals surface area contributed by atoms with E-state index < -0.39 is 0 Å². The topological polar surface area (TPSA) is 129 Å². The van der Waals surface area contributed by atoms with E-state index >= 15 is 0 Å². The fourth-order valence-electron chi connectivity index (χ4n) is 2.94. The van der Waals surface area contributed by atoms with E-state index in [1.807, 2.05) is 65.9 Å². The Hall–Kier alpha value is -3.11. The molecule has 166 valence electrons. The van der Waals surface area contributed by atoms with Crippen molar-refractivity contribution in [2.45, 2.75) is 32.9 Å². The van der Waals surface area contributed by atoms with E-state index in [9.17, 15) is 0 Å². The number of benzene rings is 1. The zero-order valence-electron chi connectivity index (χ0n) is 18.0. The van der Waals surface area contributed by atoms with Gasteiger partial charge in [-0.3, -0.25) is 5.41 Å². The van der Waals surface area contributed by atoms with Crippen molar-refractivity contribution in [3.8, 4) is 17.0 Å². The standard InChI is InChI=1S/C21H29N7O2S/c1-14(30-26-15(2)18-13-31-20(23)25-18)12-29-17-7-5-16(6-8-17)19-11-28(10-4-9-22)21(24)27(19)3/h5-8,11,13-14,24H,4,9-10,12,22H2,1-3H3,(H2,23,25)/b24-21?,26-15+. The highest BCUT2D eigenvalue weighted by Gasteiger charge is 2.10. The Morgan fingerprint density at radius 3 is 2.71 bits per heavy atom. The van der Waals surface area contributed by atoms with Crippen molar-refractivity contribution in [2.24, 2.45) is 17.9 Å². The molecule has 0 aliphatic rings. The SMILES string of the molecule is C/C(=N\OC(C)COc1ccc(-c2cn(CCCN)c(=N)n2C)cc1)c1csc(N)n1. The normalized spacial score (nSPS) is 12.7. The second-order valence-corrected chi connectivity index (χ2v) is 8.12. The monoisotopic (exact) mass is 443 g/mol. The Morgan fingerprint density at radius 2 is 2.06 bits per heavy atom. The van der Waals surface area contributed by atoms with Gasteiger partial charge in [-0.25, -0.2) is 4.98 Å². The van der Waals surface area contributed by atoms with Gasteiger partial charge >= 0.3 is 0 Å². The average molecular weight is 444 g/mol. The lowest BCUT2D eigenvalue weighted by molar-refractivity contribution is 0.0366. The summed E-state index contributed by atoms with van der Waals surface area (Å²) in [7, 11) is 1.89. The van der Waals surface area contributed by atoms with Gasteiger partial charge in [-0.15, -0.1) is 11.3 Å². The molecule has 1 unspecified atom stereocenters. The fourth-order valence-corrected chi connectivity index (χ4v) is 3.54. The van der Waals surface area contributed by atoms with Crippen LogP contribution in [0.5, 0.6) is 5.75 Å². The minimum absolute atomic E-state index is 0.231. The second-order valence-electron chi connectivity index (χ2n) is 7.23. The maximum absolute atomic E-state index is 8.25. The zero-order valence-corrected chi connectivity index (χ0v) is 18.9. The van der Waals surface area contributed by atoms with Crippen LogP contribution in [0.15, 0.2) is 41.0 Å². The van der Waals surface area contributed by atoms with Gasteiger partial charge < -0.3 is 30.2 Å². The third-order valence-corrected chi connectivity index (χ3v) is 5.40. The maximum Gasteiger partial charge on any atom is 0.202 e. The Kier molecular flexibility index (Phi) is 7.48. The number of aryl methyl sites for hydroxylation is 1. The molecule has 0 saturated carbocycles. The Balaban J connectivity index is 1.57. The van der Waals surface area contributed by atoms with Crippen LogP contribution < -0.4 is 21.8 Å². The number of hydrogen-bond acceptors (Lipinski definition) is 8. The van der Waals surface area contributed by atoms with Gasteiger partial charge in [0.15, 0.2) is 11.2 Å². The highest BCUT2D eigenvalue weighted by atomic mass is 32.1. The number of anilines is 1. The predicted octanol–water partition coefficient (Wildman–Crippen LogP) is 2.57. The molecule has 0 aliphatic heterocycles. The lowest BCUT2D eigenvalue weighted by Crippen LogP contribution is -2.23. The largest absolute Gasteiger partial charge is 0.490 e. The molecule has 1 atom stereocenters. The summed E-state index contributed by atoms with van der Waals surface area (Å²) in [6.07, 6.45) is 2.60. The maximum atomic E-state index is 8.25. The number of ether oxygens (including phenoxy) is 1. The number of imidazole rings is 1. The van der Waals surface area contributed by atoms with Crippen LogP contribution in [0.3, 0.4) is 0 Å².